The highest BCUT2D eigenvalue weighted by molar-refractivity contribution is 5.69. The molecule has 3 aliphatic rings. The molecule has 3 aliphatic heterocycles. The van der Waals surface area contributed by atoms with E-state index in [9.17, 15) is 10.1 Å². The molecule has 1 aromatic heterocycles. The molecule has 0 N–H and O–H groups in total. The van der Waals surface area contributed by atoms with E-state index < -0.39 is 12.1 Å². The number of fused-ring (bicyclic) bond motifs is 1. The Bertz CT molecular complexity index is 1550. The number of amides is 1. The highest BCUT2D eigenvalue weighted by atomic mass is 19.1. The Morgan fingerprint density at radius 1 is 1.04 bits per heavy atom. The summed E-state index contributed by atoms with van der Waals surface area (Å²) < 4.78 is 32.4. The molecule has 0 aliphatic carbocycles. The summed E-state index contributed by atoms with van der Waals surface area (Å²) in [6, 6.07) is 16.7. The highest BCUT2D eigenvalue weighted by Crippen LogP contribution is 2.40. The molecule has 2 unspecified atom stereocenters. The first-order valence-electron chi connectivity index (χ1n) is 15.3. The van der Waals surface area contributed by atoms with Crippen LogP contribution in [-0.4, -0.2) is 84.9 Å². The minimum absolute atomic E-state index is 0.139. The molecular formula is C33H38FN7O4. The van der Waals surface area contributed by atoms with E-state index in [1.165, 1.54) is 13.2 Å². The van der Waals surface area contributed by atoms with Gasteiger partial charge < -0.3 is 33.8 Å². The van der Waals surface area contributed by atoms with Crippen molar-refractivity contribution in [2.24, 2.45) is 0 Å². The van der Waals surface area contributed by atoms with Crippen LogP contribution in [0.25, 0.3) is 0 Å². The number of carbonyl (C=O) groups is 1. The normalized spacial score (nSPS) is 19.7. The number of hydrogen-bond donors (Lipinski definition) is 0. The first kappa shape index (κ1) is 30.4. The van der Waals surface area contributed by atoms with E-state index in [1.807, 2.05) is 35.2 Å². The first-order chi connectivity index (χ1) is 21.9. The van der Waals surface area contributed by atoms with Crippen molar-refractivity contribution in [2.75, 3.05) is 56.7 Å². The van der Waals surface area contributed by atoms with Crippen LogP contribution >= 0.6 is 0 Å². The Labute approximate surface area is 262 Å². The summed E-state index contributed by atoms with van der Waals surface area (Å²) in [5.74, 6) is 0.733. The lowest BCUT2D eigenvalue weighted by atomic mass is 10.1. The van der Waals surface area contributed by atoms with Gasteiger partial charge in [0.05, 0.1) is 37.9 Å². The predicted octanol–water partition coefficient (Wildman–Crippen LogP) is 4.36. The van der Waals surface area contributed by atoms with Crippen LogP contribution in [0.4, 0.5) is 20.7 Å². The topological polar surface area (TPSA) is 107 Å². The van der Waals surface area contributed by atoms with E-state index in [2.05, 4.69) is 22.9 Å². The Balaban J connectivity index is 1.25. The van der Waals surface area contributed by atoms with Gasteiger partial charge in [-0.25, -0.2) is 9.18 Å². The average molecular weight is 616 g/mol. The fourth-order valence-corrected chi connectivity index (χ4v) is 6.40. The second-order valence-electron chi connectivity index (χ2n) is 11.7. The van der Waals surface area contributed by atoms with Crippen molar-refractivity contribution < 1.29 is 23.4 Å². The van der Waals surface area contributed by atoms with Crippen LogP contribution in [-0.2, 0) is 24.4 Å². The number of benzene rings is 2. The highest BCUT2D eigenvalue weighted by Gasteiger charge is 2.36. The third-order valence-electron chi connectivity index (χ3n) is 8.85. The molecule has 12 heteroatoms. The van der Waals surface area contributed by atoms with Crippen molar-refractivity contribution in [2.45, 2.75) is 51.0 Å². The van der Waals surface area contributed by atoms with Gasteiger partial charge in [-0.15, -0.1) is 0 Å². The van der Waals surface area contributed by atoms with Crippen LogP contribution in [0.2, 0.25) is 0 Å². The molecule has 11 nitrogen and oxygen atoms in total. The van der Waals surface area contributed by atoms with Crippen molar-refractivity contribution in [3.63, 3.8) is 0 Å². The number of likely N-dealkylation sites (N-methyl/N-ethyl adjacent to an activating group) is 1. The number of halogens is 1. The molecule has 236 valence electrons. The first-order valence-corrected chi connectivity index (χ1v) is 15.3. The Hall–Kier alpha value is -4.63. The Morgan fingerprint density at radius 2 is 1.89 bits per heavy atom. The zero-order chi connectivity index (χ0) is 31.3. The quantitative estimate of drug-likeness (QED) is 0.345. The summed E-state index contributed by atoms with van der Waals surface area (Å²) in [7, 11) is 3.62. The fraction of sp³-hybridized carbons (Fsp3) is 0.455. The standard InChI is InChI=1S/C33H38FN7O4/c1-38-15-7-10-25(38)22-44-32-36-28-20-40(30-27(34)11-6-12-29(30)43-2)19-26(28)31(37-32)39-16-17-41(24(18-39)13-14-35)33(42)45-21-23-8-4-3-5-9-23/h3-6,8-9,11-12,24-25H,7,10,13,15-22H2,1-2H3. The smallest absolute Gasteiger partial charge is 0.410 e. The van der Waals surface area contributed by atoms with Gasteiger partial charge in [0.15, 0.2) is 0 Å². The number of methoxy groups -OCH3 is 1. The number of nitriles is 1. The van der Waals surface area contributed by atoms with E-state index >= 15 is 4.39 Å². The van der Waals surface area contributed by atoms with E-state index in [0.29, 0.717) is 56.6 Å². The van der Waals surface area contributed by atoms with Crippen LogP contribution in [0.5, 0.6) is 11.8 Å². The molecule has 4 heterocycles. The molecular weight excluding hydrogens is 577 g/mol. The number of likely N-dealkylation sites (tertiary alicyclic amines) is 1. The Morgan fingerprint density at radius 3 is 2.64 bits per heavy atom. The number of anilines is 2. The summed E-state index contributed by atoms with van der Waals surface area (Å²) >= 11 is 0. The van der Waals surface area contributed by atoms with Gasteiger partial charge in [0.1, 0.15) is 36.3 Å². The zero-order valence-electron chi connectivity index (χ0n) is 25.7. The molecule has 0 bridgehead atoms. The summed E-state index contributed by atoms with van der Waals surface area (Å²) in [5.41, 5.74) is 2.88. The van der Waals surface area contributed by atoms with E-state index in [1.54, 1.807) is 17.0 Å². The lowest BCUT2D eigenvalue weighted by Crippen LogP contribution is -2.55. The Kier molecular flexibility index (Phi) is 9.16. The van der Waals surface area contributed by atoms with Gasteiger partial charge in [-0.1, -0.05) is 36.4 Å². The minimum Gasteiger partial charge on any atom is -0.494 e. The van der Waals surface area contributed by atoms with E-state index in [-0.39, 0.29) is 30.9 Å². The summed E-state index contributed by atoms with van der Waals surface area (Å²) in [4.78, 5) is 30.7. The number of ether oxygens (including phenoxy) is 3. The van der Waals surface area contributed by atoms with Crippen LogP contribution in [0, 0.1) is 17.1 Å². The van der Waals surface area contributed by atoms with Crippen LogP contribution < -0.4 is 19.3 Å². The summed E-state index contributed by atoms with van der Waals surface area (Å²) in [6.07, 6.45) is 1.86. The van der Waals surface area contributed by atoms with Crippen LogP contribution in [0.15, 0.2) is 48.5 Å². The van der Waals surface area contributed by atoms with Crippen molar-refractivity contribution in [1.82, 2.24) is 19.8 Å². The predicted molar refractivity (Wildman–Crippen MR) is 166 cm³/mol. The van der Waals surface area contributed by atoms with E-state index in [0.717, 1.165) is 36.2 Å². The van der Waals surface area contributed by atoms with Gasteiger partial charge in [0.25, 0.3) is 0 Å². The second-order valence-corrected chi connectivity index (χ2v) is 11.7. The monoisotopic (exact) mass is 615 g/mol. The average Bonchev–Trinajstić information content (AvgIpc) is 3.68. The molecule has 3 aromatic rings. The number of nitrogens with zero attached hydrogens (tertiary/aromatic N) is 7. The number of para-hydroxylation sites is 1. The van der Waals surface area contributed by atoms with Gasteiger partial charge in [-0.05, 0) is 44.1 Å². The molecule has 0 radical (unpaired) electrons. The maximum atomic E-state index is 15.1. The number of carbonyl (C=O) groups excluding carboxylic acids is 1. The third-order valence-corrected chi connectivity index (χ3v) is 8.85. The summed E-state index contributed by atoms with van der Waals surface area (Å²) in [5, 5.41) is 9.66. The molecule has 0 saturated carbocycles. The molecule has 2 fully saturated rings. The van der Waals surface area contributed by atoms with Gasteiger partial charge in [0.2, 0.25) is 0 Å². The van der Waals surface area contributed by atoms with Gasteiger partial charge in [-0.2, -0.15) is 15.2 Å². The number of piperazine rings is 1. The maximum absolute atomic E-state index is 15.1. The SMILES string of the molecule is COc1cccc(F)c1N1Cc2nc(OCC3CCCN3C)nc(N3CCN(C(=O)OCc4ccccc4)C(CC#N)C3)c2C1. The van der Waals surface area contributed by atoms with Crippen molar-refractivity contribution >= 4 is 17.6 Å². The lowest BCUT2D eigenvalue weighted by Gasteiger charge is -2.41. The zero-order valence-corrected chi connectivity index (χ0v) is 25.7. The minimum atomic E-state index is -0.450. The lowest BCUT2D eigenvalue weighted by molar-refractivity contribution is 0.0767. The van der Waals surface area contributed by atoms with Crippen LogP contribution in [0.1, 0.15) is 36.1 Å². The summed E-state index contributed by atoms with van der Waals surface area (Å²) in [6.45, 7) is 3.59. The fourth-order valence-electron chi connectivity index (χ4n) is 6.40. The van der Waals surface area contributed by atoms with Gasteiger partial charge in [0, 0.05) is 37.8 Å². The van der Waals surface area contributed by atoms with Gasteiger partial charge >= 0.3 is 12.1 Å². The number of hydrogen-bond acceptors (Lipinski definition) is 10. The molecule has 2 saturated heterocycles. The molecule has 6 rings (SSSR count). The molecule has 1 amide bonds. The van der Waals surface area contributed by atoms with Crippen molar-refractivity contribution in [3.8, 4) is 17.8 Å². The molecule has 0 spiro atoms. The molecule has 2 aromatic carbocycles. The van der Waals surface area contributed by atoms with Crippen molar-refractivity contribution in [3.05, 3.63) is 71.2 Å². The number of aromatic nitrogens is 2. The maximum Gasteiger partial charge on any atom is 0.410 e. The van der Waals surface area contributed by atoms with Crippen LogP contribution in [0.3, 0.4) is 0 Å². The van der Waals surface area contributed by atoms with Gasteiger partial charge in [-0.3, -0.25) is 0 Å². The molecule has 2 atom stereocenters. The largest absolute Gasteiger partial charge is 0.494 e. The second kappa shape index (κ2) is 13.6. The van der Waals surface area contributed by atoms with E-state index in [4.69, 9.17) is 24.2 Å². The third kappa shape index (κ3) is 6.59. The number of rotatable bonds is 9. The molecule has 45 heavy (non-hydrogen) atoms. The van der Waals surface area contributed by atoms with Crippen molar-refractivity contribution in [1.29, 1.82) is 5.26 Å².